The average molecular weight is 455 g/mol. The number of halogens is 2. The lowest BCUT2D eigenvalue weighted by molar-refractivity contribution is -0.122. The van der Waals surface area contributed by atoms with Gasteiger partial charge in [-0.25, -0.2) is 9.18 Å². The Morgan fingerprint density at radius 1 is 1.11 bits per heavy atom. The number of anilines is 2. The molecule has 2 aromatic carbocycles. The number of benzene rings is 2. The van der Waals surface area contributed by atoms with E-state index in [1.54, 1.807) is 31.2 Å². The minimum absolute atomic E-state index is 0.132. The molecule has 0 fully saturated rings. The predicted molar refractivity (Wildman–Crippen MR) is 106 cm³/mol. The van der Waals surface area contributed by atoms with Crippen molar-refractivity contribution in [2.75, 3.05) is 31.0 Å². The maximum absolute atomic E-state index is 13.1. The highest BCUT2D eigenvalue weighted by molar-refractivity contribution is 9.10. The van der Waals surface area contributed by atoms with Crippen LogP contribution in [0.15, 0.2) is 46.9 Å². The molecule has 1 atom stereocenters. The van der Waals surface area contributed by atoms with Gasteiger partial charge < -0.3 is 19.5 Å². The second kappa shape index (κ2) is 10.6. The summed E-state index contributed by atoms with van der Waals surface area (Å²) in [5, 5.41) is 5.25. The summed E-state index contributed by atoms with van der Waals surface area (Å²) in [5.74, 6) is -0.476. The maximum atomic E-state index is 13.1. The number of amides is 2. The highest BCUT2D eigenvalue weighted by Gasteiger charge is 2.17. The van der Waals surface area contributed by atoms with Gasteiger partial charge in [-0.2, -0.15) is 0 Å². The smallest absolute Gasteiger partial charge is 0.411 e. The lowest BCUT2D eigenvalue weighted by Crippen LogP contribution is -2.30. The Balaban J connectivity index is 1.93. The van der Waals surface area contributed by atoms with Crippen LogP contribution in [0.2, 0.25) is 0 Å². The van der Waals surface area contributed by atoms with Crippen molar-refractivity contribution in [2.24, 2.45) is 0 Å². The molecule has 0 aliphatic heterocycles. The van der Waals surface area contributed by atoms with Gasteiger partial charge >= 0.3 is 6.09 Å². The average Bonchev–Trinajstić information content (AvgIpc) is 2.64. The second-order valence-electron chi connectivity index (χ2n) is 5.66. The number of nitrogens with one attached hydrogen (secondary N) is 2. The third kappa shape index (κ3) is 6.82. The first-order valence-corrected chi connectivity index (χ1v) is 9.13. The van der Waals surface area contributed by atoms with Crippen LogP contribution in [0.4, 0.5) is 20.6 Å². The van der Waals surface area contributed by atoms with Gasteiger partial charge in [-0.05, 0) is 59.3 Å². The summed E-state index contributed by atoms with van der Waals surface area (Å²) in [5.41, 5.74) is 0.920. The normalized spacial score (nSPS) is 11.4. The lowest BCUT2D eigenvalue weighted by atomic mass is 10.2. The molecule has 28 heavy (non-hydrogen) atoms. The zero-order chi connectivity index (χ0) is 20.5. The van der Waals surface area contributed by atoms with Crippen molar-refractivity contribution in [1.82, 2.24) is 0 Å². The Labute approximate surface area is 170 Å². The summed E-state index contributed by atoms with van der Waals surface area (Å²) in [6.07, 6.45) is -1.46. The van der Waals surface area contributed by atoms with Crippen LogP contribution in [0.1, 0.15) is 6.92 Å². The van der Waals surface area contributed by atoms with Crippen LogP contribution in [0.3, 0.4) is 0 Å². The van der Waals surface area contributed by atoms with Gasteiger partial charge in [0, 0.05) is 18.5 Å². The quantitative estimate of drug-likeness (QED) is 0.584. The molecule has 150 valence electrons. The molecule has 1 unspecified atom stereocenters. The predicted octanol–water partition coefficient (Wildman–Crippen LogP) is 4.19. The van der Waals surface area contributed by atoms with Gasteiger partial charge in [-0.15, -0.1) is 0 Å². The molecule has 9 heteroatoms. The third-order valence-corrected chi connectivity index (χ3v) is 4.08. The van der Waals surface area contributed by atoms with Gasteiger partial charge in [-0.3, -0.25) is 10.1 Å². The first-order chi connectivity index (χ1) is 13.4. The monoisotopic (exact) mass is 454 g/mol. The van der Waals surface area contributed by atoms with Crippen molar-refractivity contribution >= 4 is 39.3 Å². The number of hydrogen-bond donors (Lipinski definition) is 2. The highest BCUT2D eigenvalue weighted by Crippen LogP contribution is 2.26. The van der Waals surface area contributed by atoms with Crippen LogP contribution in [0.25, 0.3) is 0 Å². The molecule has 2 N–H and O–H groups in total. The molecule has 2 amide bonds. The van der Waals surface area contributed by atoms with Crippen molar-refractivity contribution in [1.29, 1.82) is 0 Å². The topological polar surface area (TPSA) is 85.9 Å². The Morgan fingerprint density at radius 3 is 2.50 bits per heavy atom. The maximum Gasteiger partial charge on any atom is 0.411 e. The van der Waals surface area contributed by atoms with E-state index in [4.69, 9.17) is 14.2 Å². The molecule has 2 rings (SSSR count). The van der Waals surface area contributed by atoms with E-state index in [0.29, 0.717) is 28.2 Å². The standard InChI is InChI=1S/C19H20BrFN2O5/c1-12(28-17-7-6-13(21)10-16(17)20)18(24)22-14-4-3-5-15(11-14)23-19(25)27-9-8-26-2/h3-7,10-12H,8-9H2,1-2H3,(H,22,24)(H,23,25). The van der Waals surface area contributed by atoms with Gasteiger partial charge in [0.1, 0.15) is 18.2 Å². The molecule has 0 saturated heterocycles. The lowest BCUT2D eigenvalue weighted by Gasteiger charge is -2.16. The number of carbonyl (C=O) groups is 2. The minimum atomic E-state index is -0.836. The van der Waals surface area contributed by atoms with Gasteiger partial charge in [0.15, 0.2) is 6.10 Å². The van der Waals surface area contributed by atoms with Crippen molar-refractivity contribution < 1.29 is 28.2 Å². The minimum Gasteiger partial charge on any atom is -0.480 e. The molecule has 0 heterocycles. The molecule has 0 saturated carbocycles. The Morgan fingerprint density at radius 2 is 1.82 bits per heavy atom. The molecular formula is C19H20BrFN2O5. The van der Waals surface area contributed by atoms with Crippen LogP contribution in [-0.2, 0) is 14.3 Å². The van der Waals surface area contributed by atoms with Gasteiger partial charge in [0.05, 0.1) is 11.1 Å². The number of methoxy groups -OCH3 is 1. The first kappa shape index (κ1) is 21.6. The molecule has 0 aromatic heterocycles. The van der Waals surface area contributed by atoms with Crippen molar-refractivity contribution in [3.05, 3.63) is 52.8 Å². The van der Waals surface area contributed by atoms with E-state index >= 15 is 0 Å². The van der Waals surface area contributed by atoms with Crippen LogP contribution in [0.5, 0.6) is 5.75 Å². The number of rotatable bonds is 8. The molecule has 0 aliphatic carbocycles. The van der Waals surface area contributed by atoms with Crippen LogP contribution in [0, 0.1) is 5.82 Å². The number of ether oxygens (including phenoxy) is 3. The van der Waals surface area contributed by atoms with E-state index in [1.165, 1.54) is 25.3 Å². The van der Waals surface area contributed by atoms with E-state index in [2.05, 4.69) is 26.6 Å². The zero-order valence-corrected chi connectivity index (χ0v) is 16.9. The van der Waals surface area contributed by atoms with E-state index in [1.807, 2.05) is 0 Å². The Kier molecular flexibility index (Phi) is 8.21. The molecular weight excluding hydrogens is 435 g/mol. The van der Waals surface area contributed by atoms with Crippen LogP contribution >= 0.6 is 15.9 Å². The van der Waals surface area contributed by atoms with E-state index < -0.39 is 23.9 Å². The fourth-order valence-corrected chi connectivity index (χ4v) is 2.55. The highest BCUT2D eigenvalue weighted by atomic mass is 79.9. The van der Waals surface area contributed by atoms with Gasteiger partial charge in [0.2, 0.25) is 0 Å². The summed E-state index contributed by atoms with van der Waals surface area (Å²) in [6, 6.07) is 10.5. The summed E-state index contributed by atoms with van der Waals surface area (Å²) in [4.78, 5) is 24.0. The van der Waals surface area contributed by atoms with Crippen molar-refractivity contribution in [2.45, 2.75) is 13.0 Å². The third-order valence-electron chi connectivity index (χ3n) is 3.46. The van der Waals surface area contributed by atoms with Crippen LogP contribution < -0.4 is 15.4 Å². The molecule has 0 bridgehead atoms. The molecule has 0 radical (unpaired) electrons. The largest absolute Gasteiger partial charge is 0.480 e. The van der Waals surface area contributed by atoms with E-state index in [0.717, 1.165) is 0 Å². The number of carbonyl (C=O) groups excluding carboxylic acids is 2. The van der Waals surface area contributed by atoms with E-state index in [9.17, 15) is 14.0 Å². The zero-order valence-electron chi connectivity index (χ0n) is 15.3. The van der Waals surface area contributed by atoms with Gasteiger partial charge in [-0.1, -0.05) is 6.07 Å². The first-order valence-electron chi connectivity index (χ1n) is 8.34. The summed E-state index contributed by atoms with van der Waals surface area (Å²) in [7, 11) is 1.51. The fraction of sp³-hybridized carbons (Fsp3) is 0.263. The van der Waals surface area contributed by atoms with Crippen molar-refractivity contribution in [3.8, 4) is 5.75 Å². The molecule has 0 spiro atoms. The van der Waals surface area contributed by atoms with E-state index in [-0.39, 0.29) is 6.61 Å². The number of hydrogen-bond acceptors (Lipinski definition) is 5. The van der Waals surface area contributed by atoms with Gasteiger partial charge in [0.25, 0.3) is 5.91 Å². The van der Waals surface area contributed by atoms with Crippen LogP contribution in [-0.4, -0.2) is 38.4 Å². The molecule has 7 nitrogen and oxygen atoms in total. The summed E-state index contributed by atoms with van der Waals surface area (Å²) < 4.78 is 28.8. The summed E-state index contributed by atoms with van der Waals surface area (Å²) in [6.45, 7) is 2.00. The molecule has 2 aromatic rings. The molecule has 0 aliphatic rings. The summed E-state index contributed by atoms with van der Waals surface area (Å²) >= 11 is 3.19. The van der Waals surface area contributed by atoms with Crippen molar-refractivity contribution in [3.63, 3.8) is 0 Å². The fourth-order valence-electron chi connectivity index (χ4n) is 2.10. The Hall–Kier alpha value is -2.65. The Bertz CT molecular complexity index is 834. The SMILES string of the molecule is COCCOC(=O)Nc1cccc(NC(=O)C(C)Oc2ccc(F)cc2Br)c1. The second-order valence-corrected chi connectivity index (χ2v) is 6.51.